The number of thioether (sulfide) groups is 1. The second kappa shape index (κ2) is 18.5. The lowest BCUT2D eigenvalue weighted by Gasteiger charge is -2.32. The number of hydrogen-bond acceptors (Lipinski definition) is 11. The number of aromatic nitrogens is 2. The van der Waals surface area contributed by atoms with Crippen LogP contribution in [0.15, 0.2) is 59.8 Å². The summed E-state index contributed by atoms with van der Waals surface area (Å²) < 4.78 is 25.8. The number of methoxy groups -OCH3 is 1. The number of ether oxygens (including phenoxy) is 2. The molecule has 3 aliphatic heterocycles. The van der Waals surface area contributed by atoms with Gasteiger partial charge < -0.3 is 25.0 Å². The van der Waals surface area contributed by atoms with E-state index in [1.165, 1.54) is 18.5 Å². The van der Waals surface area contributed by atoms with Crippen LogP contribution in [0.4, 0.5) is 15.9 Å². The number of carbonyl (C=O) groups excluding carboxylic acids is 4. The number of likely N-dealkylation sites (tertiary alicyclic amines) is 1. The summed E-state index contributed by atoms with van der Waals surface area (Å²) in [5.74, 6) is 1.20. The maximum absolute atomic E-state index is 13.7. The lowest BCUT2D eigenvalue weighted by molar-refractivity contribution is -0.137. The fraction of sp³-hybridized carbons (Fsp3) is 0.415. The highest BCUT2D eigenvalue weighted by Crippen LogP contribution is 2.37. The summed E-state index contributed by atoms with van der Waals surface area (Å²) in [7, 11) is 1.58. The molecule has 0 bridgehead atoms. The van der Waals surface area contributed by atoms with Crippen molar-refractivity contribution in [1.29, 1.82) is 0 Å². The number of carbonyl (C=O) groups is 4. The molecule has 2 saturated heterocycles. The number of nitrogens with zero attached hydrogens (tertiary/aromatic N) is 4. The summed E-state index contributed by atoms with van der Waals surface area (Å²) in [6.45, 7) is 2.80. The van der Waals surface area contributed by atoms with Crippen molar-refractivity contribution >= 4 is 69.4 Å². The number of unbranched alkanes of at least 4 members (excludes halogenated alkanes) is 3. The molecule has 0 radical (unpaired) electrons. The summed E-state index contributed by atoms with van der Waals surface area (Å²) in [5, 5.41) is 9.32. The number of piperidine rings is 2. The minimum atomic E-state index is -0.617. The molecule has 2 fully saturated rings. The van der Waals surface area contributed by atoms with Crippen molar-refractivity contribution in [1.82, 2.24) is 30.4 Å². The smallest absolute Gasteiger partial charge is 0.255 e. The van der Waals surface area contributed by atoms with Crippen molar-refractivity contribution < 1.29 is 33.0 Å². The van der Waals surface area contributed by atoms with E-state index < -0.39 is 17.8 Å². The van der Waals surface area contributed by atoms with E-state index in [1.807, 2.05) is 24.3 Å². The molecule has 3 aliphatic rings. The predicted octanol–water partition coefficient (Wildman–Crippen LogP) is 6.25. The Labute approximate surface area is 339 Å². The minimum Gasteiger partial charge on any atom is -0.493 e. The van der Waals surface area contributed by atoms with Crippen molar-refractivity contribution in [2.45, 2.75) is 75.0 Å². The second-order valence-electron chi connectivity index (χ2n) is 14.4. The molecule has 4 amide bonds. The van der Waals surface area contributed by atoms with Gasteiger partial charge in [-0.2, -0.15) is 0 Å². The van der Waals surface area contributed by atoms with E-state index in [-0.39, 0.29) is 35.3 Å². The van der Waals surface area contributed by atoms with Crippen molar-refractivity contribution in [3.63, 3.8) is 0 Å². The molecule has 4 heterocycles. The Morgan fingerprint density at radius 3 is 2.63 bits per heavy atom. The quantitative estimate of drug-likeness (QED) is 0.0668. The highest BCUT2D eigenvalue weighted by molar-refractivity contribution is 7.99. The molecule has 4 aromatic rings. The Bertz CT molecular complexity index is 2150. The van der Waals surface area contributed by atoms with Gasteiger partial charge in [-0.15, -0.1) is 11.8 Å². The SMILES string of the molecule is COc1cc2ncnc(Nc3ccc(F)c(Cl)c3)c2cc1OC1CCN(CC(=O)NCCCCCCSc2cccc3c2CN(C2CCC(=O)NC2=O)C3=O)CC1. The van der Waals surface area contributed by atoms with Crippen LogP contribution in [0.3, 0.4) is 0 Å². The average Bonchev–Trinajstić information content (AvgIpc) is 3.54. The van der Waals surface area contributed by atoms with E-state index >= 15 is 0 Å². The fourth-order valence-electron chi connectivity index (χ4n) is 7.43. The van der Waals surface area contributed by atoms with E-state index in [1.54, 1.807) is 35.9 Å². The molecule has 3 aromatic carbocycles. The van der Waals surface area contributed by atoms with E-state index in [2.05, 4.69) is 30.8 Å². The third kappa shape index (κ3) is 9.77. The summed E-state index contributed by atoms with van der Waals surface area (Å²) in [6.07, 6.45) is 7.39. The molecular formula is C41H45ClFN7O6S. The highest BCUT2D eigenvalue weighted by Gasteiger charge is 2.39. The van der Waals surface area contributed by atoms with Crippen molar-refractivity contribution in [3.8, 4) is 11.5 Å². The first-order chi connectivity index (χ1) is 27.7. The van der Waals surface area contributed by atoms with Crippen molar-refractivity contribution in [3.05, 3.63) is 76.8 Å². The van der Waals surface area contributed by atoms with E-state index in [9.17, 15) is 23.6 Å². The molecule has 1 atom stereocenters. The molecule has 16 heteroatoms. The molecular weight excluding hydrogens is 773 g/mol. The molecule has 1 unspecified atom stereocenters. The minimum absolute atomic E-state index is 0.00398. The standard InChI is InChI=1S/C41H45ClFN7O6S/c1-55-34-21-32-28(39(46-24-45-32)47-25-9-10-31(43)30(42)19-25)20-35(34)56-26-13-16-49(17-14-26)23-38(52)44-15-4-2-3-5-18-57-36-8-6-7-27-29(36)22-50(41(27)54)33-11-12-37(51)48-40(33)53/h6-10,19-21,24,26,33H,2-5,11-18,22-23H2,1H3,(H,44,52)(H,45,46,47)(H,48,51,53). The number of hydrogen-bond donors (Lipinski definition) is 3. The van der Waals surface area contributed by atoms with E-state index in [0.29, 0.717) is 65.5 Å². The maximum Gasteiger partial charge on any atom is 0.255 e. The number of benzene rings is 3. The van der Waals surface area contributed by atoms with Gasteiger partial charge in [-0.3, -0.25) is 29.4 Å². The van der Waals surface area contributed by atoms with Crippen LogP contribution in [-0.2, 0) is 20.9 Å². The molecule has 300 valence electrons. The van der Waals surface area contributed by atoms with Gasteiger partial charge in [-0.05, 0) is 79.8 Å². The van der Waals surface area contributed by atoms with Gasteiger partial charge in [0, 0.05) is 60.2 Å². The maximum atomic E-state index is 13.7. The number of fused-ring (bicyclic) bond motifs is 2. The zero-order valence-electron chi connectivity index (χ0n) is 31.7. The topological polar surface area (TPSA) is 155 Å². The Balaban J connectivity index is 0.795. The zero-order chi connectivity index (χ0) is 39.9. The van der Waals surface area contributed by atoms with Gasteiger partial charge in [-0.1, -0.05) is 30.5 Å². The first-order valence-electron chi connectivity index (χ1n) is 19.3. The number of rotatable bonds is 16. The van der Waals surface area contributed by atoms with E-state index in [4.69, 9.17) is 21.1 Å². The Kier molecular flexibility index (Phi) is 13.1. The van der Waals surface area contributed by atoms with Gasteiger partial charge in [0.15, 0.2) is 11.5 Å². The molecule has 0 saturated carbocycles. The number of halogens is 2. The second-order valence-corrected chi connectivity index (χ2v) is 15.9. The first-order valence-corrected chi connectivity index (χ1v) is 20.6. The number of imide groups is 1. The van der Waals surface area contributed by atoms with Gasteiger partial charge in [-0.25, -0.2) is 14.4 Å². The third-order valence-electron chi connectivity index (χ3n) is 10.5. The van der Waals surface area contributed by atoms with Crippen molar-refractivity contribution in [2.75, 3.05) is 44.4 Å². The molecule has 0 aliphatic carbocycles. The lowest BCUT2D eigenvalue weighted by atomic mass is 10.0. The monoisotopic (exact) mass is 817 g/mol. The highest BCUT2D eigenvalue weighted by atomic mass is 35.5. The number of amides is 4. The largest absolute Gasteiger partial charge is 0.493 e. The number of nitrogens with one attached hydrogen (secondary N) is 3. The van der Waals surface area contributed by atoms with Gasteiger partial charge in [0.05, 0.1) is 24.2 Å². The Morgan fingerprint density at radius 2 is 1.84 bits per heavy atom. The summed E-state index contributed by atoms with van der Waals surface area (Å²) >= 11 is 7.70. The van der Waals surface area contributed by atoms with Crippen LogP contribution in [0.2, 0.25) is 5.02 Å². The van der Waals surface area contributed by atoms with Crippen LogP contribution in [0, 0.1) is 5.82 Å². The molecule has 3 N–H and O–H groups in total. The normalized spacial score (nSPS) is 17.4. The Hall–Kier alpha value is -4.99. The Morgan fingerprint density at radius 1 is 1.02 bits per heavy atom. The van der Waals surface area contributed by atoms with Crippen LogP contribution in [0.1, 0.15) is 67.3 Å². The van der Waals surface area contributed by atoms with Crippen molar-refractivity contribution in [2.24, 2.45) is 0 Å². The predicted molar refractivity (Wildman–Crippen MR) is 216 cm³/mol. The fourth-order valence-corrected chi connectivity index (χ4v) is 8.71. The third-order valence-corrected chi connectivity index (χ3v) is 12.0. The molecule has 13 nitrogen and oxygen atoms in total. The first kappa shape index (κ1) is 40.2. The molecule has 7 rings (SSSR count). The zero-order valence-corrected chi connectivity index (χ0v) is 33.2. The summed E-state index contributed by atoms with van der Waals surface area (Å²) in [4.78, 5) is 63.4. The van der Waals surface area contributed by atoms with Crippen LogP contribution in [0.25, 0.3) is 10.9 Å². The van der Waals surface area contributed by atoms with Crippen LogP contribution >= 0.6 is 23.4 Å². The molecule has 1 aromatic heterocycles. The molecule has 57 heavy (non-hydrogen) atoms. The molecule has 0 spiro atoms. The van der Waals surface area contributed by atoms with Gasteiger partial charge in [0.2, 0.25) is 17.7 Å². The van der Waals surface area contributed by atoms with Crippen LogP contribution in [0.5, 0.6) is 11.5 Å². The van der Waals surface area contributed by atoms with Gasteiger partial charge >= 0.3 is 0 Å². The van der Waals surface area contributed by atoms with Crippen LogP contribution in [-0.4, -0.2) is 94.6 Å². The summed E-state index contributed by atoms with van der Waals surface area (Å²) in [5.41, 5.74) is 2.82. The number of anilines is 2. The average molecular weight is 818 g/mol. The van der Waals surface area contributed by atoms with Crippen LogP contribution < -0.4 is 25.4 Å². The van der Waals surface area contributed by atoms with Gasteiger partial charge in [0.25, 0.3) is 5.91 Å². The van der Waals surface area contributed by atoms with E-state index in [0.717, 1.165) is 67.8 Å². The van der Waals surface area contributed by atoms with Gasteiger partial charge in [0.1, 0.15) is 30.1 Å². The summed E-state index contributed by atoms with van der Waals surface area (Å²) in [6, 6.07) is 13.1. The lowest BCUT2D eigenvalue weighted by Crippen LogP contribution is -2.52.